The summed E-state index contributed by atoms with van der Waals surface area (Å²) in [5.74, 6) is -1.94. The molecule has 1 aromatic heterocycles. The maximum atomic E-state index is 12.9. The first kappa shape index (κ1) is 36.1. The molecule has 1 aromatic rings. The molecule has 3 fully saturated rings. The number of likely N-dealkylation sites (tertiary alicyclic amines) is 1. The summed E-state index contributed by atoms with van der Waals surface area (Å²) < 4.78 is 18.0. The number of carboxylic acids is 1. The molecule has 16 heteroatoms. The lowest BCUT2D eigenvalue weighted by Crippen LogP contribution is -2.68. The number of rotatable bonds is 12. The maximum Gasteiger partial charge on any atom is 0.336 e. The topological polar surface area (TPSA) is 219 Å². The Kier molecular flexibility index (Phi) is 11.5. The van der Waals surface area contributed by atoms with Crippen LogP contribution >= 0.6 is 0 Å². The molecule has 0 aliphatic carbocycles. The average molecular weight is 655 g/mol. The Morgan fingerprint density at radius 2 is 2.00 bits per heavy atom. The molecule has 1 spiro atoms. The molecule has 0 radical (unpaired) electrons. The number of H-pyrrole nitrogens is 1. The zero-order valence-electron chi connectivity index (χ0n) is 27.3. The van der Waals surface area contributed by atoms with E-state index in [0.717, 1.165) is 13.0 Å². The average Bonchev–Trinajstić information content (AvgIpc) is 3.61. The predicted octanol–water partition coefficient (Wildman–Crippen LogP) is -1.41. The van der Waals surface area contributed by atoms with E-state index in [0.29, 0.717) is 45.4 Å². The van der Waals surface area contributed by atoms with Gasteiger partial charge in [0.1, 0.15) is 23.7 Å². The maximum absolute atomic E-state index is 12.9. The SMILES string of the molecule is CC(=O)N[C@H]1[C@H]([C@H](O)[C@H](O)CNC(=O)c2cnc(C)[nH]2)O[C@@](CCN2CCOC[C@@]23CCN(COC(C)(C)C)C3)(C(=O)O)C[C@@H]1O. The number of nitrogens with zero attached hydrogens (tertiary/aromatic N) is 3. The number of aromatic nitrogens is 2. The van der Waals surface area contributed by atoms with Crippen molar-refractivity contribution in [3.05, 3.63) is 17.7 Å². The predicted molar refractivity (Wildman–Crippen MR) is 163 cm³/mol. The van der Waals surface area contributed by atoms with Gasteiger partial charge in [0.15, 0.2) is 5.60 Å². The second-order valence-corrected chi connectivity index (χ2v) is 13.7. The lowest BCUT2D eigenvalue weighted by molar-refractivity contribution is -0.231. The van der Waals surface area contributed by atoms with Crippen molar-refractivity contribution in [2.75, 3.05) is 52.7 Å². The van der Waals surface area contributed by atoms with Crippen LogP contribution in [0.25, 0.3) is 0 Å². The molecule has 3 aliphatic rings. The van der Waals surface area contributed by atoms with Gasteiger partial charge in [-0.3, -0.25) is 19.4 Å². The fraction of sp³-hybridized carbons (Fsp3) is 0.800. The van der Waals surface area contributed by atoms with Gasteiger partial charge in [0, 0.05) is 52.5 Å². The van der Waals surface area contributed by atoms with Gasteiger partial charge in [0.05, 0.1) is 55.5 Å². The molecule has 16 nitrogen and oxygen atoms in total. The number of ether oxygens (including phenoxy) is 3. The third kappa shape index (κ3) is 8.60. The van der Waals surface area contributed by atoms with E-state index in [-0.39, 0.29) is 29.7 Å². The second kappa shape index (κ2) is 14.6. The molecule has 2 amide bonds. The summed E-state index contributed by atoms with van der Waals surface area (Å²) in [5, 5.41) is 48.8. The number of amides is 2. The lowest BCUT2D eigenvalue weighted by Gasteiger charge is -2.49. The Morgan fingerprint density at radius 1 is 1.26 bits per heavy atom. The summed E-state index contributed by atoms with van der Waals surface area (Å²) in [6.45, 7) is 12.2. The first-order valence-corrected chi connectivity index (χ1v) is 15.8. The van der Waals surface area contributed by atoms with Crippen LogP contribution in [0.2, 0.25) is 0 Å². The fourth-order valence-electron chi connectivity index (χ4n) is 6.48. The fourth-order valence-corrected chi connectivity index (χ4v) is 6.48. The van der Waals surface area contributed by atoms with Gasteiger partial charge >= 0.3 is 5.97 Å². The van der Waals surface area contributed by atoms with Crippen molar-refractivity contribution < 1.29 is 49.0 Å². The minimum atomic E-state index is -1.94. The Morgan fingerprint density at radius 3 is 2.63 bits per heavy atom. The highest BCUT2D eigenvalue weighted by atomic mass is 16.6. The van der Waals surface area contributed by atoms with Crippen molar-refractivity contribution in [1.29, 1.82) is 0 Å². The summed E-state index contributed by atoms with van der Waals surface area (Å²) >= 11 is 0. The summed E-state index contributed by atoms with van der Waals surface area (Å²) in [7, 11) is 0. The van der Waals surface area contributed by atoms with Crippen molar-refractivity contribution in [3.8, 4) is 0 Å². The monoisotopic (exact) mass is 654 g/mol. The third-order valence-electron chi connectivity index (χ3n) is 9.00. The normalized spacial score (nSPS) is 30.7. The molecule has 260 valence electrons. The molecular weight excluding hydrogens is 604 g/mol. The molecule has 0 unspecified atom stereocenters. The van der Waals surface area contributed by atoms with E-state index in [4.69, 9.17) is 14.2 Å². The first-order chi connectivity index (χ1) is 21.5. The Labute approximate surface area is 268 Å². The van der Waals surface area contributed by atoms with E-state index >= 15 is 0 Å². The van der Waals surface area contributed by atoms with Crippen LogP contribution in [0.1, 0.15) is 63.3 Å². The number of carbonyl (C=O) groups excluding carboxylic acids is 2. The molecule has 4 heterocycles. The van der Waals surface area contributed by atoms with Crippen LogP contribution in [-0.4, -0.2) is 158 Å². The largest absolute Gasteiger partial charge is 0.479 e. The summed E-state index contributed by atoms with van der Waals surface area (Å²) in [4.78, 5) is 48.5. The van der Waals surface area contributed by atoms with Crippen molar-refractivity contribution in [3.63, 3.8) is 0 Å². The minimum absolute atomic E-state index is 0.0400. The van der Waals surface area contributed by atoms with Crippen molar-refractivity contribution >= 4 is 17.8 Å². The van der Waals surface area contributed by atoms with Gasteiger partial charge in [-0.25, -0.2) is 9.78 Å². The van der Waals surface area contributed by atoms with Gasteiger partial charge < -0.3 is 50.3 Å². The molecule has 4 rings (SSSR count). The molecular formula is C30H50N6O10. The number of carboxylic acid groups (broad SMARTS) is 1. The van der Waals surface area contributed by atoms with Gasteiger partial charge in [-0.2, -0.15) is 0 Å². The van der Waals surface area contributed by atoms with Crippen LogP contribution in [0, 0.1) is 6.92 Å². The zero-order chi connectivity index (χ0) is 33.9. The molecule has 7 atom stereocenters. The first-order valence-electron chi connectivity index (χ1n) is 15.8. The van der Waals surface area contributed by atoms with E-state index in [1.807, 2.05) is 20.8 Å². The second-order valence-electron chi connectivity index (χ2n) is 13.7. The van der Waals surface area contributed by atoms with Crippen LogP contribution in [0.3, 0.4) is 0 Å². The molecule has 3 saturated heterocycles. The molecule has 46 heavy (non-hydrogen) atoms. The van der Waals surface area contributed by atoms with Gasteiger partial charge in [0.2, 0.25) is 5.91 Å². The quantitative estimate of drug-likeness (QED) is 0.138. The molecule has 3 aliphatic heterocycles. The number of morpholine rings is 1. The third-order valence-corrected chi connectivity index (χ3v) is 9.00. The number of aryl methyl sites for hydroxylation is 1. The molecule has 0 saturated carbocycles. The minimum Gasteiger partial charge on any atom is -0.479 e. The number of aliphatic hydroxyl groups is 3. The summed E-state index contributed by atoms with van der Waals surface area (Å²) in [6.07, 6.45) is -4.62. The number of imidazole rings is 1. The van der Waals surface area contributed by atoms with E-state index in [9.17, 15) is 34.8 Å². The lowest BCUT2D eigenvalue weighted by atomic mass is 9.81. The Bertz CT molecular complexity index is 1220. The van der Waals surface area contributed by atoms with Crippen molar-refractivity contribution in [1.82, 2.24) is 30.4 Å². The van der Waals surface area contributed by atoms with E-state index in [2.05, 4.69) is 30.4 Å². The Hall–Kier alpha value is -2.70. The van der Waals surface area contributed by atoms with Crippen LogP contribution in [0.5, 0.6) is 0 Å². The van der Waals surface area contributed by atoms with Crippen molar-refractivity contribution in [2.24, 2.45) is 0 Å². The molecule has 0 bridgehead atoms. The van der Waals surface area contributed by atoms with E-state index in [1.54, 1.807) is 6.92 Å². The zero-order valence-corrected chi connectivity index (χ0v) is 27.3. The van der Waals surface area contributed by atoms with Gasteiger partial charge in [-0.05, 0) is 34.1 Å². The van der Waals surface area contributed by atoms with E-state index < -0.39 is 60.4 Å². The standard InChI is InChI=1S/C30H50N6O10/c1-18-31-13-20(33-18)26(41)32-14-22(39)24(40)25-23(34-19(2)37)21(38)12-30(46-25,27(42)43)7-9-36-10-11-44-16-29(36)6-8-35(15-29)17-45-28(3,4)5/h13,21-25,38-40H,6-12,14-17H2,1-5H3,(H,31,33)(H,32,41)(H,34,37)(H,42,43)/t21-,22+,23+,24+,25+,29-,30+/m0/s1. The number of aliphatic hydroxyl groups excluding tert-OH is 3. The van der Waals surface area contributed by atoms with E-state index in [1.165, 1.54) is 13.1 Å². The Balaban J connectivity index is 1.48. The van der Waals surface area contributed by atoms with Gasteiger partial charge in [-0.1, -0.05) is 0 Å². The number of carbonyl (C=O) groups is 3. The highest BCUT2D eigenvalue weighted by Crippen LogP contribution is 2.37. The number of hydrogen-bond donors (Lipinski definition) is 7. The number of aromatic amines is 1. The van der Waals surface area contributed by atoms with Gasteiger partial charge in [0.25, 0.3) is 5.91 Å². The van der Waals surface area contributed by atoms with Crippen LogP contribution in [0.4, 0.5) is 0 Å². The smallest absolute Gasteiger partial charge is 0.336 e. The number of aliphatic carboxylic acids is 1. The summed E-state index contributed by atoms with van der Waals surface area (Å²) in [6, 6.07) is -1.22. The summed E-state index contributed by atoms with van der Waals surface area (Å²) in [5.41, 5.74) is -2.44. The van der Waals surface area contributed by atoms with Crippen LogP contribution in [-0.2, 0) is 23.8 Å². The number of nitrogens with one attached hydrogen (secondary N) is 3. The highest BCUT2D eigenvalue weighted by molar-refractivity contribution is 5.92. The van der Waals surface area contributed by atoms with Crippen molar-refractivity contribution in [2.45, 2.75) is 101 Å². The van der Waals surface area contributed by atoms with Crippen LogP contribution in [0.15, 0.2) is 6.20 Å². The van der Waals surface area contributed by atoms with Gasteiger partial charge in [-0.15, -0.1) is 0 Å². The molecule has 0 aromatic carbocycles. The highest BCUT2D eigenvalue weighted by Gasteiger charge is 2.55. The molecule has 7 N–H and O–H groups in total. The van der Waals surface area contributed by atoms with Crippen LogP contribution < -0.4 is 10.6 Å². The number of hydrogen-bond acceptors (Lipinski definition) is 12.